The van der Waals surface area contributed by atoms with Crippen molar-refractivity contribution in [2.45, 2.75) is 32.9 Å². The zero-order valence-corrected chi connectivity index (χ0v) is 9.46. The summed E-state index contributed by atoms with van der Waals surface area (Å²) in [4.78, 5) is 0. The van der Waals surface area contributed by atoms with E-state index < -0.39 is 0 Å². The SMILES string of the molecule is C=CCC(C)NCc1cccc(C)c1O. The first kappa shape index (κ1) is 11.8. The molecule has 0 aromatic heterocycles. The lowest BCUT2D eigenvalue weighted by Gasteiger charge is -2.13. The van der Waals surface area contributed by atoms with Gasteiger partial charge in [-0.05, 0) is 25.8 Å². The molecule has 0 saturated heterocycles. The van der Waals surface area contributed by atoms with Gasteiger partial charge >= 0.3 is 0 Å². The number of nitrogens with one attached hydrogen (secondary N) is 1. The maximum Gasteiger partial charge on any atom is 0.122 e. The Balaban J connectivity index is 2.57. The van der Waals surface area contributed by atoms with Crippen LogP contribution in [-0.4, -0.2) is 11.1 Å². The Hall–Kier alpha value is -1.28. The van der Waals surface area contributed by atoms with E-state index in [0.29, 0.717) is 18.3 Å². The molecule has 0 fully saturated rings. The number of hydrogen-bond donors (Lipinski definition) is 2. The molecule has 1 aromatic rings. The Kier molecular flexibility index (Phi) is 4.37. The van der Waals surface area contributed by atoms with Crippen LogP contribution in [-0.2, 0) is 6.54 Å². The van der Waals surface area contributed by atoms with Crippen molar-refractivity contribution in [1.29, 1.82) is 0 Å². The Labute approximate surface area is 91.6 Å². The van der Waals surface area contributed by atoms with Crippen molar-refractivity contribution in [2.24, 2.45) is 0 Å². The Morgan fingerprint density at radius 3 is 2.93 bits per heavy atom. The van der Waals surface area contributed by atoms with Gasteiger partial charge in [0.1, 0.15) is 5.75 Å². The van der Waals surface area contributed by atoms with Crippen LogP contribution in [0, 0.1) is 6.92 Å². The van der Waals surface area contributed by atoms with E-state index in [2.05, 4.69) is 18.8 Å². The monoisotopic (exact) mass is 205 g/mol. The summed E-state index contributed by atoms with van der Waals surface area (Å²) in [5.41, 5.74) is 1.87. The number of aryl methyl sites for hydroxylation is 1. The van der Waals surface area contributed by atoms with E-state index in [0.717, 1.165) is 17.5 Å². The first-order chi connectivity index (χ1) is 7.15. The van der Waals surface area contributed by atoms with Gasteiger partial charge in [0.2, 0.25) is 0 Å². The largest absolute Gasteiger partial charge is 0.507 e. The van der Waals surface area contributed by atoms with Crippen LogP contribution >= 0.6 is 0 Å². The maximum atomic E-state index is 9.78. The second-order valence-electron chi connectivity index (χ2n) is 3.89. The summed E-state index contributed by atoms with van der Waals surface area (Å²) in [7, 11) is 0. The number of hydrogen-bond acceptors (Lipinski definition) is 2. The van der Waals surface area contributed by atoms with Crippen LogP contribution in [0.25, 0.3) is 0 Å². The highest BCUT2D eigenvalue weighted by Crippen LogP contribution is 2.21. The molecule has 0 saturated carbocycles. The molecule has 0 aliphatic carbocycles. The summed E-state index contributed by atoms with van der Waals surface area (Å²) in [5.74, 6) is 0.399. The molecule has 2 nitrogen and oxygen atoms in total. The van der Waals surface area contributed by atoms with Gasteiger partial charge in [-0.15, -0.1) is 6.58 Å². The minimum absolute atomic E-state index is 0.391. The van der Waals surface area contributed by atoms with E-state index in [9.17, 15) is 5.11 Å². The zero-order chi connectivity index (χ0) is 11.3. The van der Waals surface area contributed by atoms with Gasteiger partial charge in [-0.3, -0.25) is 0 Å². The third kappa shape index (κ3) is 3.40. The standard InChI is InChI=1S/C13H19NO/c1-4-6-11(3)14-9-12-8-5-7-10(2)13(12)15/h4-5,7-8,11,14-15H,1,6,9H2,2-3H3. The summed E-state index contributed by atoms with van der Waals surface area (Å²) in [5, 5.41) is 13.1. The molecule has 0 radical (unpaired) electrons. The summed E-state index contributed by atoms with van der Waals surface area (Å²) in [6.45, 7) is 8.41. The lowest BCUT2D eigenvalue weighted by Crippen LogP contribution is -2.24. The molecule has 0 amide bonds. The van der Waals surface area contributed by atoms with Crippen LogP contribution in [0.3, 0.4) is 0 Å². The van der Waals surface area contributed by atoms with Gasteiger partial charge in [0.05, 0.1) is 0 Å². The van der Waals surface area contributed by atoms with Crippen molar-refractivity contribution in [3.8, 4) is 5.75 Å². The molecule has 1 atom stereocenters. The molecule has 1 unspecified atom stereocenters. The van der Waals surface area contributed by atoms with Crippen molar-refractivity contribution in [3.63, 3.8) is 0 Å². The minimum atomic E-state index is 0.391. The first-order valence-electron chi connectivity index (χ1n) is 5.27. The molecule has 0 heterocycles. The molecule has 0 spiro atoms. The number of aromatic hydroxyl groups is 1. The summed E-state index contributed by atoms with van der Waals surface area (Å²) < 4.78 is 0. The van der Waals surface area contributed by atoms with Crippen LogP contribution in [0.1, 0.15) is 24.5 Å². The fourth-order valence-electron chi connectivity index (χ4n) is 1.48. The number of phenolic OH excluding ortho intramolecular Hbond substituents is 1. The van der Waals surface area contributed by atoms with Crippen molar-refractivity contribution < 1.29 is 5.11 Å². The topological polar surface area (TPSA) is 32.3 Å². The Morgan fingerprint density at radius 2 is 2.27 bits per heavy atom. The summed E-state index contributed by atoms with van der Waals surface area (Å²) >= 11 is 0. The molecule has 0 bridgehead atoms. The van der Waals surface area contributed by atoms with E-state index >= 15 is 0 Å². The quantitative estimate of drug-likeness (QED) is 0.724. The van der Waals surface area contributed by atoms with E-state index in [1.54, 1.807) is 0 Å². The normalized spacial score (nSPS) is 12.4. The number of para-hydroxylation sites is 1. The van der Waals surface area contributed by atoms with Crippen LogP contribution in [0.15, 0.2) is 30.9 Å². The van der Waals surface area contributed by atoms with Crippen molar-refractivity contribution >= 4 is 0 Å². The third-order valence-corrected chi connectivity index (χ3v) is 2.48. The van der Waals surface area contributed by atoms with Crippen molar-refractivity contribution in [1.82, 2.24) is 5.32 Å². The van der Waals surface area contributed by atoms with E-state index in [-0.39, 0.29) is 0 Å². The Bertz CT molecular complexity index is 333. The third-order valence-electron chi connectivity index (χ3n) is 2.48. The molecule has 15 heavy (non-hydrogen) atoms. The fraction of sp³-hybridized carbons (Fsp3) is 0.385. The van der Waals surface area contributed by atoms with Crippen LogP contribution < -0.4 is 5.32 Å². The van der Waals surface area contributed by atoms with E-state index in [4.69, 9.17) is 0 Å². The summed E-state index contributed by atoms with van der Waals surface area (Å²) in [6.07, 6.45) is 2.83. The van der Waals surface area contributed by atoms with Crippen molar-refractivity contribution in [2.75, 3.05) is 0 Å². The lowest BCUT2D eigenvalue weighted by atomic mass is 10.1. The highest BCUT2D eigenvalue weighted by Gasteiger charge is 2.04. The molecule has 2 heteroatoms. The van der Waals surface area contributed by atoms with Gasteiger partial charge in [-0.2, -0.15) is 0 Å². The van der Waals surface area contributed by atoms with Crippen molar-refractivity contribution in [3.05, 3.63) is 42.0 Å². The predicted molar refractivity (Wildman–Crippen MR) is 64.0 cm³/mol. The highest BCUT2D eigenvalue weighted by atomic mass is 16.3. The average molecular weight is 205 g/mol. The van der Waals surface area contributed by atoms with Gasteiger partial charge in [0.15, 0.2) is 0 Å². The molecule has 1 aromatic carbocycles. The maximum absolute atomic E-state index is 9.78. The van der Waals surface area contributed by atoms with E-state index in [1.807, 2.05) is 31.2 Å². The molecule has 2 N–H and O–H groups in total. The van der Waals surface area contributed by atoms with Crippen LogP contribution in [0.2, 0.25) is 0 Å². The lowest BCUT2D eigenvalue weighted by molar-refractivity contribution is 0.455. The van der Waals surface area contributed by atoms with Crippen LogP contribution in [0.5, 0.6) is 5.75 Å². The fourth-order valence-corrected chi connectivity index (χ4v) is 1.48. The second-order valence-corrected chi connectivity index (χ2v) is 3.89. The second kappa shape index (κ2) is 5.56. The van der Waals surface area contributed by atoms with Gasteiger partial charge in [0, 0.05) is 18.2 Å². The molecule has 0 aliphatic heterocycles. The Morgan fingerprint density at radius 1 is 1.53 bits per heavy atom. The predicted octanol–water partition coefficient (Wildman–Crippen LogP) is 2.75. The van der Waals surface area contributed by atoms with Gasteiger partial charge in [-0.1, -0.05) is 24.3 Å². The molecular formula is C13H19NO. The average Bonchev–Trinajstić information content (AvgIpc) is 2.21. The molecule has 0 aliphatic rings. The van der Waals surface area contributed by atoms with Gasteiger partial charge in [0.25, 0.3) is 0 Å². The number of rotatable bonds is 5. The van der Waals surface area contributed by atoms with Gasteiger partial charge < -0.3 is 10.4 Å². The molecule has 1 rings (SSSR count). The first-order valence-corrected chi connectivity index (χ1v) is 5.27. The molecular weight excluding hydrogens is 186 g/mol. The zero-order valence-electron chi connectivity index (χ0n) is 9.46. The highest BCUT2D eigenvalue weighted by molar-refractivity contribution is 5.39. The minimum Gasteiger partial charge on any atom is -0.507 e. The summed E-state index contributed by atoms with van der Waals surface area (Å²) in [6, 6.07) is 6.20. The van der Waals surface area contributed by atoms with Gasteiger partial charge in [-0.25, -0.2) is 0 Å². The smallest absolute Gasteiger partial charge is 0.122 e. The van der Waals surface area contributed by atoms with E-state index in [1.165, 1.54) is 0 Å². The number of benzene rings is 1. The number of phenols is 1. The van der Waals surface area contributed by atoms with Crippen LogP contribution in [0.4, 0.5) is 0 Å². The molecule has 82 valence electrons.